The van der Waals surface area contributed by atoms with E-state index >= 15 is 0 Å². The number of aromatic nitrogens is 3. The number of benzene rings is 1. The number of carboxylic acids is 1. The molecule has 0 bridgehead atoms. The molecule has 0 fully saturated rings. The molecule has 3 aromatic rings. The van der Waals surface area contributed by atoms with Gasteiger partial charge in [-0.3, -0.25) is 0 Å². The fraction of sp³-hybridized carbons (Fsp3) is 0.333. The zero-order chi connectivity index (χ0) is 21.8. The molecule has 0 aliphatic carbocycles. The van der Waals surface area contributed by atoms with E-state index in [0.717, 1.165) is 15.6 Å². The Hall–Kier alpha value is -2.71. The van der Waals surface area contributed by atoms with Crippen LogP contribution in [0.2, 0.25) is 5.02 Å². The molecule has 0 spiro atoms. The van der Waals surface area contributed by atoms with Gasteiger partial charge in [-0.2, -0.15) is 0 Å². The van der Waals surface area contributed by atoms with Gasteiger partial charge in [0.1, 0.15) is 6.04 Å². The van der Waals surface area contributed by atoms with E-state index in [1.807, 2.05) is 52.0 Å². The van der Waals surface area contributed by atoms with E-state index in [4.69, 9.17) is 11.6 Å². The molecule has 0 radical (unpaired) electrons. The van der Waals surface area contributed by atoms with Crippen LogP contribution in [0.1, 0.15) is 27.7 Å². The van der Waals surface area contributed by atoms with Crippen LogP contribution in [0.25, 0.3) is 21.8 Å². The van der Waals surface area contributed by atoms with Crippen LogP contribution >= 0.6 is 22.9 Å². The Morgan fingerprint density at radius 1 is 1.10 bits per heavy atom. The molecule has 30 heavy (non-hydrogen) atoms. The highest BCUT2D eigenvalue weighted by molar-refractivity contribution is 7.18. The number of hydrogen-bond donors (Lipinski definition) is 3. The second-order valence-electron chi connectivity index (χ2n) is 7.47. The molecule has 0 unspecified atom stereocenters. The molecule has 1 atom stereocenters. The predicted octanol–water partition coefficient (Wildman–Crippen LogP) is 5.26. The van der Waals surface area contributed by atoms with E-state index in [-0.39, 0.29) is 17.9 Å². The van der Waals surface area contributed by atoms with Crippen LogP contribution in [0.3, 0.4) is 0 Å². The number of aliphatic carboxylic acids is 1. The maximum atomic E-state index is 11.7. The van der Waals surface area contributed by atoms with Crippen LogP contribution < -0.4 is 10.6 Å². The molecular formula is C21H24ClN5O2S. The summed E-state index contributed by atoms with van der Waals surface area (Å²) in [5.41, 5.74) is 1.99. The Labute approximate surface area is 184 Å². The Kier molecular flexibility index (Phi) is 6.89. The van der Waals surface area contributed by atoms with Gasteiger partial charge in [0.2, 0.25) is 5.95 Å². The van der Waals surface area contributed by atoms with Crippen molar-refractivity contribution in [2.45, 2.75) is 39.8 Å². The molecule has 1 aromatic carbocycles. The van der Waals surface area contributed by atoms with Crippen molar-refractivity contribution in [3.05, 3.63) is 41.6 Å². The van der Waals surface area contributed by atoms with Crippen molar-refractivity contribution in [2.24, 2.45) is 5.92 Å². The zero-order valence-electron chi connectivity index (χ0n) is 17.2. The molecule has 0 amide bonds. The average molecular weight is 446 g/mol. The number of halogens is 1. The summed E-state index contributed by atoms with van der Waals surface area (Å²) in [4.78, 5) is 26.0. The maximum Gasteiger partial charge on any atom is 0.326 e. The number of carbonyl (C=O) groups is 1. The molecule has 3 rings (SSSR count). The normalized spacial score (nSPS) is 12.2. The number of thiazole rings is 1. The summed E-state index contributed by atoms with van der Waals surface area (Å²) in [5.74, 6) is -0.876. The van der Waals surface area contributed by atoms with Crippen LogP contribution in [0, 0.1) is 5.92 Å². The first-order valence-electron chi connectivity index (χ1n) is 9.60. The molecular weight excluding hydrogens is 422 g/mol. The Morgan fingerprint density at radius 2 is 1.80 bits per heavy atom. The van der Waals surface area contributed by atoms with Gasteiger partial charge in [0.25, 0.3) is 0 Å². The van der Waals surface area contributed by atoms with Gasteiger partial charge < -0.3 is 15.7 Å². The lowest BCUT2D eigenvalue weighted by atomic mass is 10.1. The highest BCUT2D eigenvalue weighted by atomic mass is 35.5. The van der Waals surface area contributed by atoms with Gasteiger partial charge in [-0.1, -0.05) is 55.0 Å². The molecule has 7 nitrogen and oxygen atoms in total. The topological polar surface area (TPSA) is 100 Å². The summed E-state index contributed by atoms with van der Waals surface area (Å²) in [5, 5.41) is 17.1. The molecule has 0 aliphatic rings. The number of hydrogen-bond acceptors (Lipinski definition) is 7. The molecule has 3 N–H and O–H groups in total. The summed E-state index contributed by atoms with van der Waals surface area (Å²) in [6.07, 6.45) is 1.75. The van der Waals surface area contributed by atoms with Gasteiger partial charge in [0.05, 0.1) is 16.3 Å². The molecule has 0 aliphatic heterocycles. The molecule has 0 saturated carbocycles. The van der Waals surface area contributed by atoms with Crippen molar-refractivity contribution in [1.29, 1.82) is 0 Å². The van der Waals surface area contributed by atoms with Crippen molar-refractivity contribution >= 4 is 40.0 Å². The highest BCUT2D eigenvalue weighted by Gasteiger charge is 2.23. The average Bonchev–Trinajstić information content (AvgIpc) is 3.13. The lowest BCUT2D eigenvalue weighted by molar-refractivity contribution is -0.138. The smallest absolute Gasteiger partial charge is 0.326 e. The monoisotopic (exact) mass is 445 g/mol. The Bertz CT molecular complexity index is 1040. The fourth-order valence-electron chi connectivity index (χ4n) is 2.80. The van der Waals surface area contributed by atoms with Crippen molar-refractivity contribution in [2.75, 3.05) is 10.6 Å². The lowest BCUT2D eigenvalue weighted by Crippen LogP contribution is -2.35. The second-order valence-corrected chi connectivity index (χ2v) is 8.91. The Balaban J connectivity index is 2.07. The van der Waals surface area contributed by atoms with Gasteiger partial charge in [0.15, 0.2) is 5.13 Å². The largest absolute Gasteiger partial charge is 0.480 e. The van der Waals surface area contributed by atoms with E-state index in [9.17, 15) is 9.90 Å². The summed E-state index contributed by atoms with van der Waals surface area (Å²) in [6, 6.07) is 8.66. The minimum atomic E-state index is -0.959. The van der Waals surface area contributed by atoms with Crippen molar-refractivity contribution in [3.63, 3.8) is 0 Å². The molecule has 9 heteroatoms. The second kappa shape index (κ2) is 9.40. The SMILES string of the molecule is CC(C)Nc1ncc(-c2cc(-c3ccccc3Cl)nc(N[C@@H](C(=O)O)C(C)C)n2)s1. The van der Waals surface area contributed by atoms with Gasteiger partial charge in [0, 0.05) is 22.8 Å². The fourth-order valence-corrected chi connectivity index (χ4v) is 3.96. The zero-order valence-corrected chi connectivity index (χ0v) is 18.8. The van der Waals surface area contributed by atoms with Crippen molar-refractivity contribution in [1.82, 2.24) is 15.0 Å². The van der Waals surface area contributed by atoms with E-state index in [0.29, 0.717) is 16.4 Å². The molecule has 2 aromatic heterocycles. The number of nitrogens with zero attached hydrogens (tertiary/aromatic N) is 3. The molecule has 158 valence electrons. The predicted molar refractivity (Wildman–Crippen MR) is 122 cm³/mol. The minimum absolute atomic E-state index is 0.149. The summed E-state index contributed by atoms with van der Waals surface area (Å²) in [7, 11) is 0. The lowest BCUT2D eigenvalue weighted by Gasteiger charge is -2.18. The van der Waals surface area contributed by atoms with E-state index in [1.165, 1.54) is 11.3 Å². The third-order valence-corrected chi connectivity index (χ3v) is 5.54. The van der Waals surface area contributed by atoms with E-state index < -0.39 is 12.0 Å². The van der Waals surface area contributed by atoms with E-state index in [2.05, 4.69) is 25.6 Å². The van der Waals surface area contributed by atoms with Gasteiger partial charge in [-0.15, -0.1) is 0 Å². The van der Waals surface area contributed by atoms with E-state index in [1.54, 1.807) is 12.3 Å². The van der Waals surface area contributed by atoms with Crippen LogP contribution in [0.15, 0.2) is 36.5 Å². The highest BCUT2D eigenvalue weighted by Crippen LogP contribution is 2.33. The maximum absolute atomic E-state index is 11.7. The standard InChI is InChI=1S/C21H24ClN5O2S/c1-11(2)18(19(28)29)27-20-25-15(13-7-5-6-8-14(13)22)9-16(26-20)17-10-23-21(30-17)24-12(3)4/h5-12,18H,1-4H3,(H,23,24)(H,28,29)(H,25,26,27)/t18-/m1/s1. The third-order valence-electron chi connectivity index (χ3n) is 4.26. The third kappa shape index (κ3) is 5.25. The van der Waals surface area contributed by atoms with Crippen LogP contribution in [-0.2, 0) is 4.79 Å². The number of nitrogens with one attached hydrogen (secondary N) is 2. The number of rotatable bonds is 8. The van der Waals surface area contributed by atoms with Crippen LogP contribution in [0.4, 0.5) is 11.1 Å². The van der Waals surface area contributed by atoms with Gasteiger partial charge in [-0.25, -0.2) is 19.7 Å². The van der Waals surface area contributed by atoms with Gasteiger partial charge in [-0.05, 0) is 31.9 Å². The first-order valence-corrected chi connectivity index (χ1v) is 10.8. The molecule has 0 saturated heterocycles. The molecule has 2 heterocycles. The summed E-state index contributed by atoms with van der Waals surface area (Å²) < 4.78 is 0. The van der Waals surface area contributed by atoms with Crippen molar-refractivity contribution < 1.29 is 9.90 Å². The van der Waals surface area contributed by atoms with Crippen LogP contribution in [0.5, 0.6) is 0 Å². The number of anilines is 2. The quantitative estimate of drug-likeness (QED) is 0.434. The summed E-state index contributed by atoms with van der Waals surface area (Å²) in [6.45, 7) is 7.75. The summed E-state index contributed by atoms with van der Waals surface area (Å²) >= 11 is 7.86. The van der Waals surface area contributed by atoms with Gasteiger partial charge >= 0.3 is 5.97 Å². The first kappa shape index (κ1) is 22.0. The first-order chi connectivity index (χ1) is 14.2. The number of carboxylic acid groups (broad SMARTS) is 1. The Morgan fingerprint density at radius 3 is 2.43 bits per heavy atom. The van der Waals surface area contributed by atoms with Crippen LogP contribution in [-0.4, -0.2) is 38.1 Å². The minimum Gasteiger partial charge on any atom is -0.480 e. The van der Waals surface area contributed by atoms with Crippen molar-refractivity contribution in [3.8, 4) is 21.8 Å².